The Morgan fingerprint density at radius 2 is 2.28 bits per heavy atom. The lowest BCUT2D eigenvalue weighted by atomic mass is 10.2. The zero-order chi connectivity index (χ0) is 12.8. The number of nitrogens with one attached hydrogen (secondary N) is 1. The summed E-state index contributed by atoms with van der Waals surface area (Å²) >= 11 is 4.94. The highest BCUT2D eigenvalue weighted by molar-refractivity contribution is 9.10. The van der Waals surface area contributed by atoms with Crippen LogP contribution in [-0.4, -0.2) is 12.1 Å². The lowest BCUT2D eigenvalue weighted by Gasteiger charge is -1.97. The number of rotatable bonds is 4. The van der Waals surface area contributed by atoms with E-state index in [0.29, 0.717) is 6.42 Å². The summed E-state index contributed by atoms with van der Waals surface area (Å²) in [6.07, 6.45) is 1.99. The van der Waals surface area contributed by atoms with E-state index in [0.717, 1.165) is 14.9 Å². The van der Waals surface area contributed by atoms with Gasteiger partial charge in [-0.1, -0.05) is 34.1 Å². The summed E-state index contributed by atoms with van der Waals surface area (Å²) < 4.78 is 0.983. The van der Waals surface area contributed by atoms with Crippen molar-refractivity contribution in [2.75, 3.05) is 0 Å². The third-order valence-corrected chi connectivity index (χ3v) is 3.54. The Bertz CT molecular complexity index is 552. The van der Waals surface area contributed by atoms with Gasteiger partial charge in [-0.2, -0.15) is 5.10 Å². The van der Waals surface area contributed by atoms with Crippen molar-refractivity contribution in [2.45, 2.75) is 6.42 Å². The van der Waals surface area contributed by atoms with Gasteiger partial charge < -0.3 is 0 Å². The molecule has 92 valence electrons. The number of hydrogen-bond acceptors (Lipinski definition) is 3. The molecule has 1 N–H and O–H groups in total. The number of halogens is 1. The summed E-state index contributed by atoms with van der Waals surface area (Å²) in [5.41, 5.74) is 3.44. The summed E-state index contributed by atoms with van der Waals surface area (Å²) in [6, 6.07) is 11.6. The molecule has 1 aromatic carbocycles. The van der Waals surface area contributed by atoms with E-state index in [1.807, 2.05) is 41.8 Å². The Kier molecular flexibility index (Phi) is 4.66. The van der Waals surface area contributed by atoms with Crippen molar-refractivity contribution in [1.82, 2.24) is 5.43 Å². The maximum absolute atomic E-state index is 11.5. The van der Waals surface area contributed by atoms with E-state index in [9.17, 15) is 4.79 Å². The molecule has 1 aromatic heterocycles. The molecule has 2 rings (SSSR count). The van der Waals surface area contributed by atoms with Crippen molar-refractivity contribution in [3.63, 3.8) is 0 Å². The fourth-order valence-electron chi connectivity index (χ4n) is 1.38. The maximum atomic E-state index is 11.5. The number of carbonyl (C=O) groups is 1. The van der Waals surface area contributed by atoms with E-state index < -0.39 is 0 Å². The Morgan fingerprint density at radius 3 is 3.00 bits per heavy atom. The van der Waals surface area contributed by atoms with Crippen molar-refractivity contribution in [2.24, 2.45) is 5.10 Å². The predicted octanol–water partition coefficient (Wildman–Crippen LogP) is 3.20. The first kappa shape index (κ1) is 13.0. The van der Waals surface area contributed by atoms with Crippen LogP contribution in [0.3, 0.4) is 0 Å². The average Bonchev–Trinajstić information content (AvgIpc) is 2.82. The van der Waals surface area contributed by atoms with Gasteiger partial charge in [-0.25, -0.2) is 5.43 Å². The smallest absolute Gasteiger partial charge is 0.245 e. The number of benzene rings is 1. The Morgan fingerprint density at radius 1 is 1.39 bits per heavy atom. The zero-order valence-electron chi connectivity index (χ0n) is 9.47. The van der Waals surface area contributed by atoms with Crippen LogP contribution < -0.4 is 5.43 Å². The third-order valence-electron chi connectivity index (χ3n) is 2.17. The molecule has 3 nitrogen and oxygen atoms in total. The summed E-state index contributed by atoms with van der Waals surface area (Å²) in [4.78, 5) is 12.6. The van der Waals surface area contributed by atoms with Crippen molar-refractivity contribution < 1.29 is 4.79 Å². The van der Waals surface area contributed by atoms with Crippen LogP contribution in [-0.2, 0) is 11.2 Å². The molecule has 2 aromatic rings. The molecule has 0 spiro atoms. The number of hydrogen-bond donors (Lipinski definition) is 1. The molecule has 0 unspecified atom stereocenters. The summed E-state index contributed by atoms with van der Waals surface area (Å²) in [5, 5.41) is 5.87. The van der Waals surface area contributed by atoms with Crippen LogP contribution in [0.4, 0.5) is 0 Å². The molecule has 0 aliphatic carbocycles. The SMILES string of the molecule is O=C(Cc1cccs1)NN=Cc1cccc(Br)c1. The Labute approximate surface area is 118 Å². The average molecular weight is 323 g/mol. The van der Waals surface area contributed by atoms with E-state index in [1.165, 1.54) is 0 Å². The van der Waals surface area contributed by atoms with Crippen LogP contribution in [0.1, 0.15) is 10.4 Å². The maximum Gasteiger partial charge on any atom is 0.245 e. The van der Waals surface area contributed by atoms with Crippen molar-refractivity contribution >= 4 is 39.4 Å². The van der Waals surface area contributed by atoms with Gasteiger partial charge in [0.2, 0.25) is 5.91 Å². The second-order valence-electron chi connectivity index (χ2n) is 3.60. The topological polar surface area (TPSA) is 41.5 Å². The standard InChI is InChI=1S/C13H11BrN2OS/c14-11-4-1-3-10(7-11)9-15-16-13(17)8-12-5-2-6-18-12/h1-7,9H,8H2,(H,16,17). The molecule has 1 heterocycles. The largest absolute Gasteiger partial charge is 0.273 e. The van der Waals surface area contributed by atoms with Crippen molar-refractivity contribution in [3.8, 4) is 0 Å². The first-order chi connectivity index (χ1) is 8.74. The Balaban J connectivity index is 1.86. The molecule has 0 bridgehead atoms. The number of carbonyl (C=O) groups excluding carboxylic acids is 1. The normalized spacial score (nSPS) is 10.7. The molecular weight excluding hydrogens is 312 g/mol. The highest BCUT2D eigenvalue weighted by Crippen LogP contribution is 2.10. The van der Waals surface area contributed by atoms with Crippen LogP contribution in [0, 0.1) is 0 Å². The van der Waals surface area contributed by atoms with Crippen LogP contribution in [0.15, 0.2) is 51.4 Å². The summed E-state index contributed by atoms with van der Waals surface area (Å²) in [6.45, 7) is 0. The highest BCUT2D eigenvalue weighted by Gasteiger charge is 2.01. The molecule has 0 saturated carbocycles. The first-order valence-corrected chi connectivity index (χ1v) is 7.01. The van der Waals surface area contributed by atoms with Crippen LogP contribution in [0.5, 0.6) is 0 Å². The number of nitrogens with zero attached hydrogens (tertiary/aromatic N) is 1. The molecule has 0 fully saturated rings. The minimum atomic E-state index is -0.108. The quantitative estimate of drug-likeness (QED) is 0.681. The van der Waals surface area contributed by atoms with Crippen LogP contribution in [0.2, 0.25) is 0 Å². The van der Waals surface area contributed by atoms with Gasteiger partial charge in [0.15, 0.2) is 0 Å². The van der Waals surface area contributed by atoms with E-state index in [1.54, 1.807) is 17.6 Å². The summed E-state index contributed by atoms with van der Waals surface area (Å²) in [5.74, 6) is -0.108. The third kappa shape index (κ3) is 4.09. The fraction of sp³-hybridized carbons (Fsp3) is 0.0769. The van der Waals surface area contributed by atoms with Gasteiger partial charge in [-0.15, -0.1) is 11.3 Å². The second kappa shape index (κ2) is 6.47. The zero-order valence-corrected chi connectivity index (χ0v) is 11.9. The fourth-order valence-corrected chi connectivity index (χ4v) is 2.50. The Hall–Kier alpha value is -1.46. The van der Waals surface area contributed by atoms with Gasteiger partial charge in [0.25, 0.3) is 0 Å². The van der Waals surface area contributed by atoms with E-state index >= 15 is 0 Å². The number of thiophene rings is 1. The molecule has 0 aliphatic heterocycles. The number of amides is 1. The highest BCUT2D eigenvalue weighted by atomic mass is 79.9. The predicted molar refractivity (Wildman–Crippen MR) is 77.9 cm³/mol. The van der Waals surface area contributed by atoms with E-state index in [4.69, 9.17) is 0 Å². The minimum absolute atomic E-state index is 0.108. The second-order valence-corrected chi connectivity index (χ2v) is 5.55. The lowest BCUT2D eigenvalue weighted by molar-refractivity contribution is -0.120. The van der Waals surface area contributed by atoms with E-state index in [-0.39, 0.29) is 5.91 Å². The molecule has 0 saturated heterocycles. The molecular formula is C13H11BrN2OS. The molecule has 0 aliphatic rings. The first-order valence-electron chi connectivity index (χ1n) is 5.34. The van der Waals surface area contributed by atoms with Gasteiger partial charge >= 0.3 is 0 Å². The molecule has 0 atom stereocenters. The van der Waals surface area contributed by atoms with Gasteiger partial charge in [0, 0.05) is 9.35 Å². The summed E-state index contributed by atoms with van der Waals surface area (Å²) in [7, 11) is 0. The van der Waals surface area contributed by atoms with Crippen molar-refractivity contribution in [3.05, 3.63) is 56.7 Å². The monoisotopic (exact) mass is 322 g/mol. The van der Waals surface area contributed by atoms with Gasteiger partial charge in [-0.05, 0) is 29.1 Å². The molecule has 1 amide bonds. The van der Waals surface area contributed by atoms with E-state index in [2.05, 4.69) is 26.5 Å². The van der Waals surface area contributed by atoms with Crippen molar-refractivity contribution in [1.29, 1.82) is 0 Å². The number of hydrazone groups is 1. The van der Waals surface area contributed by atoms with Gasteiger partial charge in [0.05, 0.1) is 12.6 Å². The van der Waals surface area contributed by atoms with Gasteiger partial charge in [0.1, 0.15) is 0 Å². The molecule has 0 radical (unpaired) electrons. The minimum Gasteiger partial charge on any atom is -0.273 e. The molecule has 18 heavy (non-hydrogen) atoms. The van der Waals surface area contributed by atoms with Crippen LogP contribution in [0.25, 0.3) is 0 Å². The van der Waals surface area contributed by atoms with Gasteiger partial charge in [-0.3, -0.25) is 4.79 Å². The van der Waals surface area contributed by atoms with Crippen LogP contribution >= 0.6 is 27.3 Å². The lowest BCUT2D eigenvalue weighted by Crippen LogP contribution is -2.19. The molecule has 5 heteroatoms.